The molecule has 6 heteroatoms. The van der Waals surface area contributed by atoms with Crippen LogP contribution in [0.4, 0.5) is 5.69 Å². The maximum atomic E-state index is 5.43. The quantitative estimate of drug-likeness (QED) is 0.590. The van der Waals surface area contributed by atoms with E-state index in [-0.39, 0.29) is 0 Å². The third kappa shape index (κ3) is 5.31. The van der Waals surface area contributed by atoms with Gasteiger partial charge in [-0.2, -0.15) is 0 Å². The van der Waals surface area contributed by atoms with Gasteiger partial charge in [0.2, 0.25) is 0 Å². The van der Waals surface area contributed by atoms with Gasteiger partial charge in [0.15, 0.2) is 5.96 Å². The molecule has 0 aliphatic carbocycles. The van der Waals surface area contributed by atoms with Gasteiger partial charge in [-0.3, -0.25) is 4.99 Å². The molecule has 0 saturated heterocycles. The Morgan fingerprint density at radius 2 is 1.77 bits per heavy atom. The molecule has 0 atom stereocenters. The van der Waals surface area contributed by atoms with Crippen LogP contribution in [0.1, 0.15) is 11.1 Å². The highest BCUT2D eigenvalue weighted by molar-refractivity contribution is 5.79. The fourth-order valence-electron chi connectivity index (χ4n) is 2.53. The zero-order chi connectivity index (χ0) is 18.9. The van der Waals surface area contributed by atoms with Crippen molar-refractivity contribution in [2.75, 3.05) is 40.3 Å². The Hall–Kier alpha value is -2.89. The second-order valence-corrected chi connectivity index (χ2v) is 6.02. The minimum absolute atomic E-state index is 0.602. The van der Waals surface area contributed by atoms with Gasteiger partial charge >= 0.3 is 0 Å². The van der Waals surface area contributed by atoms with Gasteiger partial charge in [-0.05, 0) is 29.8 Å². The first-order valence-electron chi connectivity index (χ1n) is 8.49. The molecule has 0 fully saturated rings. The van der Waals surface area contributed by atoms with Crippen LogP contribution in [0.15, 0.2) is 47.5 Å². The number of methoxy groups -OCH3 is 2. The zero-order valence-electron chi connectivity index (χ0n) is 16.2. The van der Waals surface area contributed by atoms with Crippen LogP contribution in [0.2, 0.25) is 0 Å². The summed E-state index contributed by atoms with van der Waals surface area (Å²) in [4.78, 5) is 6.37. The Bertz CT molecular complexity index is 744. The number of nitrogens with one attached hydrogen (secondary N) is 2. The molecule has 0 aliphatic heterocycles. The molecule has 0 unspecified atom stereocenters. The van der Waals surface area contributed by atoms with E-state index in [4.69, 9.17) is 9.47 Å². The van der Waals surface area contributed by atoms with Crippen LogP contribution < -0.4 is 25.0 Å². The average molecular weight is 356 g/mol. The van der Waals surface area contributed by atoms with Gasteiger partial charge in [-0.1, -0.05) is 12.1 Å². The van der Waals surface area contributed by atoms with Crippen molar-refractivity contribution in [3.8, 4) is 11.5 Å². The maximum Gasteiger partial charge on any atom is 0.191 e. The van der Waals surface area contributed by atoms with E-state index in [0.717, 1.165) is 23.0 Å². The van der Waals surface area contributed by atoms with E-state index in [2.05, 4.69) is 44.8 Å². The number of nitrogens with zero attached hydrogens (tertiary/aromatic N) is 2. The van der Waals surface area contributed by atoms with Gasteiger partial charge in [-0.15, -0.1) is 0 Å². The molecule has 26 heavy (non-hydrogen) atoms. The van der Waals surface area contributed by atoms with Gasteiger partial charge in [-0.25, -0.2) is 0 Å². The zero-order valence-corrected chi connectivity index (χ0v) is 16.2. The van der Waals surface area contributed by atoms with E-state index >= 15 is 0 Å². The molecule has 0 amide bonds. The van der Waals surface area contributed by atoms with Crippen LogP contribution in [0.3, 0.4) is 0 Å². The second kappa shape index (κ2) is 9.56. The van der Waals surface area contributed by atoms with Gasteiger partial charge in [0.1, 0.15) is 11.5 Å². The molecule has 0 saturated carbocycles. The molecular formula is C20H28N4O2. The van der Waals surface area contributed by atoms with Crippen LogP contribution in [0.5, 0.6) is 11.5 Å². The van der Waals surface area contributed by atoms with E-state index in [0.29, 0.717) is 13.1 Å². The third-order valence-electron chi connectivity index (χ3n) is 4.05. The van der Waals surface area contributed by atoms with Crippen LogP contribution in [0, 0.1) is 0 Å². The van der Waals surface area contributed by atoms with Crippen molar-refractivity contribution in [3.05, 3.63) is 53.6 Å². The summed E-state index contributed by atoms with van der Waals surface area (Å²) in [5, 5.41) is 6.65. The molecule has 140 valence electrons. The Balaban J connectivity index is 1.95. The molecule has 6 nitrogen and oxygen atoms in total. The van der Waals surface area contributed by atoms with Crippen molar-refractivity contribution in [1.82, 2.24) is 10.6 Å². The number of aliphatic imine (C=N–C) groups is 1. The summed E-state index contributed by atoms with van der Waals surface area (Å²) in [5.74, 6) is 2.29. The fourth-order valence-corrected chi connectivity index (χ4v) is 2.53. The number of ether oxygens (including phenoxy) is 2. The molecular weight excluding hydrogens is 328 g/mol. The first-order valence-corrected chi connectivity index (χ1v) is 8.49. The van der Waals surface area contributed by atoms with E-state index < -0.39 is 0 Å². The first-order chi connectivity index (χ1) is 12.6. The highest BCUT2D eigenvalue weighted by Gasteiger charge is 2.06. The van der Waals surface area contributed by atoms with Crippen LogP contribution in [0.25, 0.3) is 0 Å². The largest absolute Gasteiger partial charge is 0.497 e. The van der Waals surface area contributed by atoms with Crippen molar-refractivity contribution in [3.63, 3.8) is 0 Å². The highest BCUT2D eigenvalue weighted by Crippen LogP contribution is 2.24. The van der Waals surface area contributed by atoms with Crippen molar-refractivity contribution in [2.24, 2.45) is 4.99 Å². The summed E-state index contributed by atoms with van der Waals surface area (Å²) in [6.45, 7) is 1.30. The SMILES string of the molecule is CN=C(NCc1cccc(N(C)C)c1)NCc1ccc(OC)cc1OC. The topological polar surface area (TPSA) is 58.1 Å². The maximum absolute atomic E-state index is 5.43. The predicted molar refractivity (Wildman–Crippen MR) is 107 cm³/mol. The predicted octanol–water partition coefficient (Wildman–Crippen LogP) is 2.64. The summed E-state index contributed by atoms with van der Waals surface area (Å²) < 4.78 is 10.7. The Morgan fingerprint density at radius 3 is 2.42 bits per heavy atom. The lowest BCUT2D eigenvalue weighted by Crippen LogP contribution is -2.36. The molecule has 0 aliphatic rings. The third-order valence-corrected chi connectivity index (χ3v) is 4.05. The summed E-state index contributed by atoms with van der Waals surface area (Å²) in [6, 6.07) is 14.2. The summed E-state index contributed by atoms with van der Waals surface area (Å²) in [6.07, 6.45) is 0. The van der Waals surface area contributed by atoms with E-state index in [9.17, 15) is 0 Å². The summed E-state index contributed by atoms with van der Waals surface area (Å²) in [5.41, 5.74) is 3.40. The van der Waals surface area contributed by atoms with Crippen molar-refractivity contribution in [1.29, 1.82) is 0 Å². The lowest BCUT2D eigenvalue weighted by atomic mass is 10.2. The number of benzene rings is 2. The average Bonchev–Trinajstić information content (AvgIpc) is 2.68. The number of rotatable bonds is 7. The smallest absolute Gasteiger partial charge is 0.191 e. The Labute approximate surface area is 155 Å². The molecule has 2 aromatic rings. The molecule has 0 bridgehead atoms. The minimum Gasteiger partial charge on any atom is -0.497 e. The van der Waals surface area contributed by atoms with Crippen LogP contribution in [-0.2, 0) is 13.1 Å². The molecule has 0 radical (unpaired) electrons. The number of hydrogen-bond donors (Lipinski definition) is 2. The van der Waals surface area contributed by atoms with Gasteiger partial charge in [0.05, 0.1) is 14.2 Å². The van der Waals surface area contributed by atoms with Gasteiger partial charge < -0.3 is 25.0 Å². The molecule has 0 aromatic heterocycles. The molecule has 0 heterocycles. The van der Waals surface area contributed by atoms with E-state index in [1.807, 2.05) is 32.3 Å². The van der Waals surface area contributed by atoms with Crippen molar-refractivity contribution < 1.29 is 9.47 Å². The van der Waals surface area contributed by atoms with Crippen LogP contribution >= 0.6 is 0 Å². The van der Waals surface area contributed by atoms with Crippen molar-refractivity contribution >= 4 is 11.6 Å². The number of hydrogen-bond acceptors (Lipinski definition) is 4. The van der Waals surface area contributed by atoms with E-state index in [1.165, 1.54) is 11.3 Å². The minimum atomic E-state index is 0.602. The Kier molecular flexibility index (Phi) is 7.14. The van der Waals surface area contributed by atoms with E-state index in [1.54, 1.807) is 21.3 Å². The molecule has 2 aromatic carbocycles. The monoisotopic (exact) mass is 356 g/mol. The number of guanidine groups is 1. The van der Waals surface area contributed by atoms with Crippen LogP contribution in [-0.4, -0.2) is 41.3 Å². The lowest BCUT2D eigenvalue weighted by Gasteiger charge is -2.16. The number of anilines is 1. The molecule has 0 spiro atoms. The fraction of sp³-hybridized carbons (Fsp3) is 0.350. The standard InChI is InChI=1S/C20H28N4O2/c1-21-20(22-13-15-7-6-8-17(11-15)24(2)3)23-14-16-9-10-18(25-4)12-19(16)26-5/h6-12H,13-14H2,1-5H3,(H2,21,22,23). The van der Waals surface area contributed by atoms with Gasteiger partial charge in [0, 0.05) is 51.5 Å². The first kappa shape index (κ1) is 19.4. The summed E-state index contributed by atoms with van der Waals surface area (Å²) >= 11 is 0. The van der Waals surface area contributed by atoms with Crippen molar-refractivity contribution in [2.45, 2.75) is 13.1 Å². The Morgan fingerprint density at radius 1 is 1.00 bits per heavy atom. The highest BCUT2D eigenvalue weighted by atomic mass is 16.5. The normalized spacial score (nSPS) is 11.0. The summed E-state index contributed by atoms with van der Waals surface area (Å²) in [7, 11) is 9.13. The molecule has 2 N–H and O–H groups in total. The second-order valence-electron chi connectivity index (χ2n) is 6.02. The lowest BCUT2D eigenvalue weighted by molar-refractivity contribution is 0.390. The van der Waals surface area contributed by atoms with Gasteiger partial charge in [0.25, 0.3) is 0 Å². The molecule has 2 rings (SSSR count).